The number of H-pyrrole nitrogens is 1. The Morgan fingerprint density at radius 3 is 2.74 bits per heavy atom. The molecular formula is C21H17NO. The molecule has 2 heterocycles. The first-order valence-corrected chi connectivity index (χ1v) is 8.07. The van der Waals surface area contributed by atoms with Crippen LogP contribution in [0, 0.1) is 6.92 Å². The fraction of sp³-hybridized carbons (Fsp3) is 0.143. The van der Waals surface area contributed by atoms with Crippen LogP contribution < -0.4 is 4.74 Å². The summed E-state index contributed by atoms with van der Waals surface area (Å²) in [6.07, 6.45) is 1.01. The van der Waals surface area contributed by atoms with E-state index in [0.29, 0.717) is 0 Å². The van der Waals surface area contributed by atoms with Gasteiger partial charge in [0.2, 0.25) is 0 Å². The smallest absolute Gasteiger partial charge is 0.122 e. The predicted molar refractivity (Wildman–Crippen MR) is 95.2 cm³/mol. The molecule has 2 heteroatoms. The second-order valence-electron chi connectivity index (χ2n) is 6.30. The molecule has 0 aliphatic carbocycles. The van der Waals surface area contributed by atoms with E-state index in [-0.39, 0.29) is 0 Å². The van der Waals surface area contributed by atoms with Crippen molar-refractivity contribution in [3.63, 3.8) is 0 Å². The van der Waals surface area contributed by atoms with E-state index in [2.05, 4.69) is 66.5 Å². The van der Waals surface area contributed by atoms with Crippen molar-refractivity contribution in [2.45, 2.75) is 13.3 Å². The third-order valence-electron chi connectivity index (χ3n) is 4.86. The zero-order chi connectivity index (χ0) is 15.4. The first-order valence-electron chi connectivity index (χ1n) is 8.07. The van der Waals surface area contributed by atoms with Crippen molar-refractivity contribution in [1.29, 1.82) is 0 Å². The Balaban J connectivity index is 1.73. The predicted octanol–water partition coefficient (Wildman–Crippen LogP) is 5.23. The van der Waals surface area contributed by atoms with Crippen LogP contribution in [0.5, 0.6) is 5.75 Å². The molecular weight excluding hydrogens is 282 g/mol. The maximum absolute atomic E-state index is 5.61. The zero-order valence-corrected chi connectivity index (χ0v) is 13.0. The summed E-state index contributed by atoms with van der Waals surface area (Å²) >= 11 is 0. The summed E-state index contributed by atoms with van der Waals surface area (Å²) in [6.45, 7) is 2.96. The van der Waals surface area contributed by atoms with Crippen LogP contribution in [0.25, 0.3) is 32.9 Å². The zero-order valence-electron chi connectivity index (χ0n) is 13.0. The van der Waals surface area contributed by atoms with Crippen molar-refractivity contribution in [3.05, 3.63) is 65.7 Å². The number of nitrogens with one attached hydrogen (secondary N) is 1. The molecule has 1 N–H and O–H groups in total. The van der Waals surface area contributed by atoms with Crippen LogP contribution in [0.3, 0.4) is 0 Å². The SMILES string of the molecule is Cc1cccc2c1[nH]c1ccc(-c3ccc4c(c3)CCO4)cc12. The number of benzene rings is 3. The number of aromatic amines is 1. The molecule has 0 unspecified atom stereocenters. The Morgan fingerprint density at radius 1 is 0.913 bits per heavy atom. The van der Waals surface area contributed by atoms with E-state index in [0.717, 1.165) is 18.8 Å². The fourth-order valence-corrected chi connectivity index (χ4v) is 3.61. The molecule has 0 fully saturated rings. The Morgan fingerprint density at radius 2 is 1.78 bits per heavy atom. The molecule has 0 amide bonds. The van der Waals surface area contributed by atoms with Crippen molar-refractivity contribution in [1.82, 2.24) is 4.98 Å². The number of rotatable bonds is 1. The quantitative estimate of drug-likeness (QED) is 0.511. The fourth-order valence-electron chi connectivity index (χ4n) is 3.61. The number of aryl methyl sites for hydroxylation is 1. The number of fused-ring (bicyclic) bond motifs is 4. The minimum Gasteiger partial charge on any atom is -0.493 e. The summed E-state index contributed by atoms with van der Waals surface area (Å²) in [5, 5.41) is 2.59. The summed E-state index contributed by atoms with van der Waals surface area (Å²) in [7, 11) is 0. The second kappa shape index (κ2) is 4.63. The highest BCUT2D eigenvalue weighted by Gasteiger charge is 2.13. The van der Waals surface area contributed by atoms with E-state index in [1.54, 1.807) is 0 Å². The molecule has 5 rings (SSSR count). The normalized spacial score (nSPS) is 13.4. The van der Waals surface area contributed by atoms with Crippen molar-refractivity contribution in [3.8, 4) is 16.9 Å². The number of hydrogen-bond donors (Lipinski definition) is 1. The Hall–Kier alpha value is -2.74. The van der Waals surface area contributed by atoms with Gasteiger partial charge in [0.15, 0.2) is 0 Å². The highest BCUT2D eigenvalue weighted by molar-refractivity contribution is 6.09. The van der Waals surface area contributed by atoms with Crippen molar-refractivity contribution in [2.24, 2.45) is 0 Å². The van der Waals surface area contributed by atoms with E-state index >= 15 is 0 Å². The van der Waals surface area contributed by atoms with Crippen LogP contribution in [0.1, 0.15) is 11.1 Å². The van der Waals surface area contributed by atoms with E-state index in [4.69, 9.17) is 4.74 Å². The molecule has 1 aliphatic heterocycles. The highest BCUT2D eigenvalue weighted by atomic mass is 16.5. The largest absolute Gasteiger partial charge is 0.493 e. The summed E-state index contributed by atoms with van der Waals surface area (Å²) in [4.78, 5) is 3.55. The van der Waals surface area contributed by atoms with Gasteiger partial charge in [-0.15, -0.1) is 0 Å². The Kier molecular flexibility index (Phi) is 2.57. The van der Waals surface area contributed by atoms with Gasteiger partial charge in [-0.25, -0.2) is 0 Å². The molecule has 1 aromatic heterocycles. The second-order valence-corrected chi connectivity index (χ2v) is 6.30. The Bertz CT molecular complexity index is 1060. The molecule has 0 atom stereocenters. The third-order valence-corrected chi connectivity index (χ3v) is 4.86. The van der Waals surface area contributed by atoms with Gasteiger partial charge in [0.1, 0.15) is 5.75 Å². The van der Waals surface area contributed by atoms with Gasteiger partial charge in [0, 0.05) is 28.2 Å². The van der Waals surface area contributed by atoms with E-state index in [1.165, 1.54) is 44.1 Å². The minimum atomic E-state index is 0.805. The molecule has 4 aromatic rings. The van der Waals surface area contributed by atoms with Crippen LogP contribution in [-0.2, 0) is 6.42 Å². The molecule has 0 saturated heterocycles. The summed E-state index contributed by atoms with van der Waals surface area (Å²) < 4.78 is 5.61. The van der Waals surface area contributed by atoms with Gasteiger partial charge in [-0.3, -0.25) is 0 Å². The molecule has 23 heavy (non-hydrogen) atoms. The average molecular weight is 299 g/mol. The van der Waals surface area contributed by atoms with E-state index in [1.807, 2.05) is 0 Å². The molecule has 0 radical (unpaired) electrons. The molecule has 2 nitrogen and oxygen atoms in total. The van der Waals surface area contributed by atoms with Crippen LogP contribution >= 0.6 is 0 Å². The average Bonchev–Trinajstić information content (AvgIpc) is 3.18. The summed E-state index contributed by atoms with van der Waals surface area (Å²) in [5.41, 5.74) is 7.56. The molecule has 0 bridgehead atoms. The van der Waals surface area contributed by atoms with E-state index in [9.17, 15) is 0 Å². The number of para-hydroxylation sites is 1. The monoisotopic (exact) mass is 299 g/mol. The standard InChI is InChI=1S/C21H17NO/c1-13-3-2-4-17-18-12-15(5-7-19(18)22-21(13)17)14-6-8-20-16(11-14)9-10-23-20/h2-8,11-12,22H,9-10H2,1H3. The third kappa shape index (κ3) is 1.88. The van der Waals surface area contributed by atoms with E-state index < -0.39 is 0 Å². The topological polar surface area (TPSA) is 25.0 Å². The maximum atomic E-state index is 5.61. The minimum absolute atomic E-state index is 0.805. The number of hydrogen-bond acceptors (Lipinski definition) is 1. The van der Waals surface area contributed by atoms with Gasteiger partial charge in [-0.2, -0.15) is 0 Å². The molecule has 0 spiro atoms. The highest BCUT2D eigenvalue weighted by Crippen LogP contribution is 2.34. The first-order chi connectivity index (χ1) is 11.3. The van der Waals surface area contributed by atoms with Crippen LogP contribution in [-0.4, -0.2) is 11.6 Å². The van der Waals surface area contributed by atoms with Crippen molar-refractivity contribution >= 4 is 21.8 Å². The lowest BCUT2D eigenvalue weighted by Gasteiger charge is -2.05. The van der Waals surface area contributed by atoms with Crippen LogP contribution in [0.2, 0.25) is 0 Å². The molecule has 0 saturated carbocycles. The van der Waals surface area contributed by atoms with Crippen LogP contribution in [0.4, 0.5) is 0 Å². The molecule has 112 valence electrons. The maximum Gasteiger partial charge on any atom is 0.122 e. The number of ether oxygens (including phenoxy) is 1. The number of aromatic nitrogens is 1. The summed E-state index contributed by atoms with van der Waals surface area (Å²) in [6, 6.07) is 19.7. The van der Waals surface area contributed by atoms with Gasteiger partial charge in [0.05, 0.1) is 6.61 Å². The summed E-state index contributed by atoms with van der Waals surface area (Å²) in [5.74, 6) is 1.04. The van der Waals surface area contributed by atoms with Gasteiger partial charge in [-0.1, -0.05) is 30.3 Å². The lowest BCUT2D eigenvalue weighted by atomic mass is 10.00. The molecule has 3 aromatic carbocycles. The first kappa shape index (κ1) is 12.8. The van der Waals surface area contributed by atoms with Gasteiger partial charge >= 0.3 is 0 Å². The Labute approximate surface area is 134 Å². The van der Waals surface area contributed by atoms with Gasteiger partial charge in [-0.05, 0) is 53.4 Å². The van der Waals surface area contributed by atoms with Crippen LogP contribution in [0.15, 0.2) is 54.6 Å². The lowest BCUT2D eigenvalue weighted by molar-refractivity contribution is 0.357. The van der Waals surface area contributed by atoms with Gasteiger partial charge < -0.3 is 9.72 Å². The van der Waals surface area contributed by atoms with Crippen molar-refractivity contribution < 1.29 is 4.74 Å². The van der Waals surface area contributed by atoms with Crippen molar-refractivity contribution in [2.75, 3.05) is 6.61 Å². The molecule has 1 aliphatic rings. The van der Waals surface area contributed by atoms with Gasteiger partial charge in [0.25, 0.3) is 0 Å². The lowest BCUT2D eigenvalue weighted by Crippen LogP contribution is -1.85.